The number of unbranched alkanes of at least 4 members (excludes halogenated alkanes) is 50. The molecular formula is C77H147NO10. The molecule has 9 unspecified atom stereocenters. The third-order valence-corrected chi connectivity index (χ3v) is 18.6. The number of hydrogen-bond acceptors (Lipinski definition) is 10. The molecule has 1 saturated heterocycles. The van der Waals surface area contributed by atoms with Crippen molar-refractivity contribution in [2.45, 2.75) is 435 Å². The number of allylic oxidation sites excluding steroid dienone is 6. The van der Waals surface area contributed by atoms with Gasteiger partial charge in [-0.05, 0) is 77.0 Å². The van der Waals surface area contributed by atoms with Crippen molar-refractivity contribution >= 4 is 5.91 Å². The highest BCUT2D eigenvalue weighted by Crippen LogP contribution is 2.24. The SMILES string of the molecule is CCCCCCCCCCCCCCCC/C=C\CCCCCCCCCCCCCCCCCCC(O)C(=O)NC(COC1OC(CO)C(O)C(O)C1O)C(O)C(O)CCC/C=C/CC/C=C/CCCCCCCCCCCCCCCCCCCC. The van der Waals surface area contributed by atoms with E-state index < -0.39 is 74.2 Å². The van der Waals surface area contributed by atoms with Crippen LogP contribution in [0.3, 0.4) is 0 Å². The normalized spacial score (nSPS) is 18.8. The Labute approximate surface area is 543 Å². The van der Waals surface area contributed by atoms with Crippen LogP contribution in [0.1, 0.15) is 380 Å². The van der Waals surface area contributed by atoms with E-state index in [1.807, 2.05) is 0 Å². The van der Waals surface area contributed by atoms with Crippen molar-refractivity contribution in [2.24, 2.45) is 0 Å². The average molecular weight is 1250 g/mol. The Bertz CT molecular complexity index is 1530. The molecule has 520 valence electrons. The predicted molar refractivity (Wildman–Crippen MR) is 372 cm³/mol. The quantitative estimate of drug-likeness (QED) is 0.0215. The minimum absolute atomic E-state index is 0.248. The van der Waals surface area contributed by atoms with E-state index in [0.29, 0.717) is 19.3 Å². The van der Waals surface area contributed by atoms with Crippen LogP contribution in [0.15, 0.2) is 36.5 Å². The van der Waals surface area contributed by atoms with Crippen LogP contribution in [0.2, 0.25) is 0 Å². The van der Waals surface area contributed by atoms with Crippen LogP contribution in [0.4, 0.5) is 0 Å². The number of nitrogens with one attached hydrogen (secondary N) is 1. The van der Waals surface area contributed by atoms with Crippen LogP contribution >= 0.6 is 0 Å². The second kappa shape index (κ2) is 65.4. The summed E-state index contributed by atoms with van der Waals surface area (Å²) in [6, 6.07) is -1.19. The monoisotopic (exact) mass is 1250 g/mol. The number of ether oxygens (including phenoxy) is 2. The van der Waals surface area contributed by atoms with Gasteiger partial charge in [0.1, 0.15) is 36.6 Å². The molecule has 1 aliphatic heterocycles. The van der Waals surface area contributed by atoms with Gasteiger partial charge in [-0.25, -0.2) is 0 Å². The number of hydrogen-bond donors (Lipinski definition) is 8. The molecule has 88 heavy (non-hydrogen) atoms. The molecule has 11 heteroatoms. The van der Waals surface area contributed by atoms with Crippen LogP contribution in [-0.2, 0) is 14.3 Å². The first kappa shape index (κ1) is 84.3. The third-order valence-electron chi connectivity index (χ3n) is 18.6. The molecule has 11 nitrogen and oxygen atoms in total. The summed E-state index contributed by atoms with van der Waals surface area (Å²) in [5, 5.41) is 76.6. The van der Waals surface area contributed by atoms with Gasteiger partial charge in [0, 0.05) is 0 Å². The molecule has 1 amide bonds. The highest BCUT2D eigenvalue weighted by atomic mass is 16.7. The summed E-state index contributed by atoms with van der Waals surface area (Å²) in [5.41, 5.74) is 0. The lowest BCUT2D eigenvalue weighted by Crippen LogP contribution is -2.60. The predicted octanol–water partition coefficient (Wildman–Crippen LogP) is 19.3. The van der Waals surface area contributed by atoms with E-state index in [0.717, 1.165) is 38.5 Å². The summed E-state index contributed by atoms with van der Waals surface area (Å²) < 4.78 is 11.2. The molecule has 0 spiro atoms. The van der Waals surface area contributed by atoms with E-state index >= 15 is 0 Å². The van der Waals surface area contributed by atoms with Gasteiger partial charge in [-0.3, -0.25) is 4.79 Å². The Morgan fingerprint density at radius 2 is 0.682 bits per heavy atom. The maximum absolute atomic E-state index is 13.3. The van der Waals surface area contributed by atoms with Crippen molar-refractivity contribution in [3.8, 4) is 0 Å². The van der Waals surface area contributed by atoms with Crippen LogP contribution in [0.5, 0.6) is 0 Å². The first-order chi connectivity index (χ1) is 43.2. The molecule has 8 N–H and O–H groups in total. The van der Waals surface area contributed by atoms with E-state index in [-0.39, 0.29) is 12.8 Å². The highest BCUT2D eigenvalue weighted by Gasteiger charge is 2.44. The summed E-state index contributed by atoms with van der Waals surface area (Å²) >= 11 is 0. The Kier molecular flexibility index (Phi) is 62.7. The lowest BCUT2D eigenvalue weighted by molar-refractivity contribution is -0.303. The van der Waals surface area contributed by atoms with Crippen molar-refractivity contribution in [1.82, 2.24) is 5.32 Å². The Morgan fingerprint density at radius 1 is 0.386 bits per heavy atom. The second-order valence-corrected chi connectivity index (χ2v) is 27.1. The molecule has 0 aliphatic carbocycles. The van der Waals surface area contributed by atoms with Crippen molar-refractivity contribution in [2.75, 3.05) is 13.2 Å². The highest BCUT2D eigenvalue weighted by molar-refractivity contribution is 5.80. The van der Waals surface area contributed by atoms with Gasteiger partial charge in [0.15, 0.2) is 6.29 Å². The van der Waals surface area contributed by atoms with Gasteiger partial charge in [-0.1, -0.05) is 339 Å². The molecule has 1 aliphatic rings. The zero-order valence-corrected chi connectivity index (χ0v) is 57.7. The molecule has 9 atom stereocenters. The number of rotatable bonds is 68. The Balaban J connectivity index is 2.17. The van der Waals surface area contributed by atoms with Crippen molar-refractivity contribution < 1.29 is 50.0 Å². The van der Waals surface area contributed by atoms with Gasteiger partial charge in [-0.2, -0.15) is 0 Å². The number of aliphatic hydroxyl groups excluding tert-OH is 7. The molecule has 1 rings (SSSR count). The Morgan fingerprint density at radius 3 is 1.01 bits per heavy atom. The minimum Gasteiger partial charge on any atom is -0.394 e. The molecule has 0 saturated carbocycles. The molecule has 0 aromatic heterocycles. The standard InChI is InChI=1S/C77H147NO10/c1-3-5-7-9-11-13-15-17-19-21-23-25-27-29-31-32-33-34-35-36-37-39-41-43-45-47-49-51-53-55-57-59-61-63-65-70(81)76(86)78-68(67-87-77-75(85)74(84)73(83)71(66-79)88-77)72(82)69(80)64-62-60-58-56-54-52-50-48-46-44-42-40-38-30-28-26-24-22-20-18-16-14-12-10-8-6-4-2/h32-33,48,50,56,58,68-75,77,79-85H,3-31,34-47,49,51-55,57,59-67H2,1-2H3,(H,78,86)/b33-32-,50-48+,58-56+. The minimum atomic E-state index is -1.67. The lowest BCUT2D eigenvalue weighted by atomic mass is 9.98. The molecule has 1 fully saturated rings. The molecule has 0 radical (unpaired) electrons. The maximum atomic E-state index is 13.3. The summed E-state index contributed by atoms with van der Waals surface area (Å²) in [7, 11) is 0. The zero-order valence-electron chi connectivity index (χ0n) is 57.7. The van der Waals surface area contributed by atoms with Crippen molar-refractivity contribution in [1.29, 1.82) is 0 Å². The van der Waals surface area contributed by atoms with E-state index in [1.54, 1.807) is 0 Å². The van der Waals surface area contributed by atoms with Gasteiger partial charge in [0.25, 0.3) is 0 Å². The smallest absolute Gasteiger partial charge is 0.249 e. The van der Waals surface area contributed by atoms with Gasteiger partial charge in [0.05, 0.1) is 25.4 Å². The van der Waals surface area contributed by atoms with E-state index in [4.69, 9.17) is 9.47 Å². The van der Waals surface area contributed by atoms with Gasteiger partial charge < -0.3 is 50.5 Å². The summed E-state index contributed by atoms with van der Waals surface area (Å²) in [6.45, 7) is 3.50. The summed E-state index contributed by atoms with van der Waals surface area (Å²) in [6.07, 6.45) is 74.0. The maximum Gasteiger partial charge on any atom is 0.249 e. The van der Waals surface area contributed by atoms with E-state index in [2.05, 4.69) is 55.6 Å². The molecule has 0 bridgehead atoms. The topological polar surface area (TPSA) is 189 Å². The van der Waals surface area contributed by atoms with Crippen molar-refractivity contribution in [3.05, 3.63) is 36.5 Å². The first-order valence-corrected chi connectivity index (χ1v) is 38.4. The first-order valence-electron chi connectivity index (χ1n) is 38.4. The number of aliphatic hydroxyl groups is 7. The fourth-order valence-electron chi connectivity index (χ4n) is 12.5. The van der Waals surface area contributed by atoms with Gasteiger partial charge >= 0.3 is 0 Å². The average Bonchev–Trinajstić information content (AvgIpc) is 3.61. The Hall–Kier alpha value is -1.67. The summed E-state index contributed by atoms with van der Waals surface area (Å²) in [5.74, 6) is -0.704. The van der Waals surface area contributed by atoms with Crippen molar-refractivity contribution in [3.63, 3.8) is 0 Å². The third kappa shape index (κ3) is 51.8. The van der Waals surface area contributed by atoms with Crippen LogP contribution < -0.4 is 5.32 Å². The fraction of sp³-hybridized carbons (Fsp3) is 0.909. The van der Waals surface area contributed by atoms with Gasteiger partial charge in [-0.15, -0.1) is 0 Å². The van der Waals surface area contributed by atoms with E-state index in [1.165, 1.54) is 295 Å². The summed E-state index contributed by atoms with van der Waals surface area (Å²) in [4.78, 5) is 13.3. The van der Waals surface area contributed by atoms with Crippen LogP contribution in [-0.4, -0.2) is 110 Å². The van der Waals surface area contributed by atoms with E-state index in [9.17, 15) is 40.5 Å². The molecule has 0 aromatic rings. The second-order valence-electron chi connectivity index (χ2n) is 27.1. The largest absolute Gasteiger partial charge is 0.394 e. The van der Waals surface area contributed by atoms with Crippen LogP contribution in [0, 0.1) is 0 Å². The molecule has 0 aromatic carbocycles. The molecular weight excluding hydrogens is 1100 g/mol. The molecule has 1 heterocycles. The number of carbonyl (C=O) groups excluding carboxylic acids is 1. The van der Waals surface area contributed by atoms with Crippen LogP contribution in [0.25, 0.3) is 0 Å². The number of amides is 1. The zero-order chi connectivity index (χ0) is 63.9. The fourth-order valence-corrected chi connectivity index (χ4v) is 12.5. The lowest BCUT2D eigenvalue weighted by Gasteiger charge is -2.40. The van der Waals surface area contributed by atoms with Gasteiger partial charge in [0.2, 0.25) is 5.91 Å². The number of carbonyl (C=O) groups is 1.